The summed E-state index contributed by atoms with van der Waals surface area (Å²) in [6.45, 7) is 8.45. The molecule has 0 amide bonds. The average molecular weight is 416 g/mol. The minimum Gasteiger partial charge on any atom is -0.303 e. The SMILES string of the molecule is Cc1ccc(C)n1-c1cc(/C(=C\C=O)C2CCCCCC2)cc(-n2c(C)ccc2C)n1. The number of rotatable bonds is 5. The van der Waals surface area contributed by atoms with E-state index in [9.17, 15) is 4.79 Å². The first-order chi connectivity index (χ1) is 15.0. The van der Waals surface area contributed by atoms with Gasteiger partial charge in [0.2, 0.25) is 0 Å². The Morgan fingerprint density at radius 1 is 0.806 bits per heavy atom. The molecule has 0 aromatic carbocycles. The van der Waals surface area contributed by atoms with E-state index in [1.165, 1.54) is 25.7 Å². The Morgan fingerprint density at radius 2 is 1.26 bits per heavy atom. The molecule has 0 bridgehead atoms. The third-order valence-electron chi connectivity index (χ3n) is 6.67. The Balaban J connectivity index is 1.92. The van der Waals surface area contributed by atoms with Crippen LogP contribution in [0.2, 0.25) is 0 Å². The summed E-state index contributed by atoms with van der Waals surface area (Å²) in [5.74, 6) is 2.24. The molecule has 1 fully saturated rings. The van der Waals surface area contributed by atoms with E-state index in [4.69, 9.17) is 4.98 Å². The van der Waals surface area contributed by atoms with Crippen molar-refractivity contribution >= 4 is 11.9 Å². The Hall–Kier alpha value is -2.88. The van der Waals surface area contributed by atoms with E-state index >= 15 is 0 Å². The van der Waals surface area contributed by atoms with Crippen molar-refractivity contribution in [3.8, 4) is 11.6 Å². The molecule has 3 aromatic heterocycles. The molecular formula is C27H33N3O. The topological polar surface area (TPSA) is 39.8 Å². The molecule has 3 heterocycles. The van der Waals surface area contributed by atoms with Crippen molar-refractivity contribution in [2.24, 2.45) is 5.92 Å². The standard InChI is InChI=1S/C27H33N3O/c1-19-11-12-20(2)29(19)26-17-24(18-27(28-26)30-21(3)13-14-22(30)4)25(15-16-31)23-9-7-5-6-8-10-23/h11-18,23H,5-10H2,1-4H3/b25-15-. The molecule has 31 heavy (non-hydrogen) atoms. The predicted molar refractivity (Wildman–Crippen MR) is 127 cm³/mol. The van der Waals surface area contributed by atoms with E-state index in [0.717, 1.165) is 64.7 Å². The molecule has 3 aromatic rings. The van der Waals surface area contributed by atoms with Crippen molar-refractivity contribution in [2.75, 3.05) is 0 Å². The van der Waals surface area contributed by atoms with Crippen molar-refractivity contribution in [1.29, 1.82) is 0 Å². The molecule has 0 saturated heterocycles. The van der Waals surface area contributed by atoms with Gasteiger partial charge in [-0.25, -0.2) is 4.98 Å². The Kier molecular flexibility index (Phi) is 6.26. The summed E-state index contributed by atoms with van der Waals surface area (Å²) in [7, 11) is 0. The molecule has 1 saturated carbocycles. The highest BCUT2D eigenvalue weighted by Gasteiger charge is 2.21. The average Bonchev–Trinajstić information content (AvgIpc) is 3.13. The van der Waals surface area contributed by atoms with Gasteiger partial charge in [-0.15, -0.1) is 0 Å². The van der Waals surface area contributed by atoms with Crippen LogP contribution in [0.25, 0.3) is 17.2 Å². The highest BCUT2D eigenvalue weighted by molar-refractivity contribution is 5.83. The lowest BCUT2D eigenvalue weighted by atomic mass is 9.87. The summed E-state index contributed by atoms with van der Waals surface area (Å²) < 4.78 is 4.40. The van der Waals surface area contributed by atoms with Gasteiger partial charge in [0.1, 0.15) is 17.9 Å². The lowest BCUT2D eigenvalue weighted by molar-refractivity contribution is -0.104. The Bertz CT molecular complexity index is 1000. The van der Waals surface area contributed by atoms with Gasteiger partial charge in [0, 0.05) is 22.8 Å². The molecule has 0 N–H and O–H groups in total. The van der Waals surface area contributed by atoms with E-state index in [1.807, 2.05) is 0 Å². The summed E-state index contributed by atoms with van der Waals surface area (Å²) >= 11 is 0. The second-order valence-electron chi connectivity index (χ2n) is 8.92. The van der Waals surface area contributed by atoms with Crippen molar-refractivity contribution in [3.63, 3.8) is 0 Å². The zero-order chi connectivity index (χ0) is 22.0. The number of aldehydes is 1. The number of hydrogen-bond acceptors (Lipinski definition) is 2. The van der Waals surface area contributed by atoms with Crippen LogP contribution in [0.1, 0.15) is 66.9 Å². The molecule has 4 nitrogen and oxygen atoms in total. The summed E-state index contributed by atoms with van der Waals surface area (Å²) in [6.07, 6.45) is 10.1. The molecule has 1 aliphatic carbocycles. The molecule has 1 aliphatic rings. The van der Waals surface area contributed by atoms with Crippen LogP contribution in [0.4, 0.5) is 0 Å². The monoisotopic (exact) mass is 415 g/mol. The van der Waals surface area contributed by atoms with E-state index in [-0.39, 0.29) is 0 Å². The highest BCUT2D eigenvalue weighted by atomic mass is 16.1. The number of allylic oxidation sites excluding steroid dienone is 2. The molecule has 0 spiro atoms. The maximum absolute atomic E-state index is 11.7. The van der Waals surface area contributed by atoms with Crippen molar-refractivity contribution in [2.45, 2.75) is 66.2 Å². The van der Waals surface area contributed by atoms with Crippen LogP contribution in [0.5, 0.6) is 0 Å². The Labute approximate surface area is 185 Å². The van der Waals surface area contributed by atoms with Crippen molar-refractivity contribution in [1.82, 2.24) is 14.1 Å². The van der Waals surface area contributed by atoms with Crippen molar-refractivity contribution < 1.29 is 4.79 Å². The fraction of sp³-hybridized carbons (Fsp3) is 0.407. The first-order valence-corrected chi connectivity index (χ1v) is 11.5. The third kappa shape index (κ3) is 4.30. The maximum atomic E-state index is 11.7. The number of hydrogen-bond donors (Lipinski definition) is 0. The highest BCUT2D eigenvalue weighted by Crippen LogP contribution is 2.36. The van der Waals surface area contributed by atoms with Crippen LogP contribution >= 0.6 is 0 Å². The van der Waals surface area contributed by atoms with Gasteiger partial charge >= 0.3 is 0 Å². The van der Waals surface area contributed by atoms with Gasteiger partial charge in [-0.1, -0.05) is 25.7 Å². The van der Waals surface area contributed by atoms with E-state index in [0.29, 0.717) is 5.92 Å². The number of aryl methyl sites for hydroxylation is 4. The smallest absolute Gasteiger partial charge is 0.143 e. The molecular weight excluding hydrogens is 382 g/mol. The van der Waals surface area contributed by atoms with Gasteiger partial charge in [0.15, 0.2) is 0 Å². The second-order valence-corrected chi connectivity index (χ2v) is 8.92. The van der Waals surface area contributed by atoms with Crippen LogP contribution < -0.4 is 0 Å². The number of carbonyl (C=O) groups excluding carboxylic acids is 1. The van der Waals surface area contributed by atoms with Gasteiger partial charge in [-0.05, 0) is 100 Å². The van der Waals surface area contributed by atoms with Crippen molar-refractivity contribution in [3.05, 3.63) is 70.8 Å². The summed E-state index contributed by atoms with van der Waals surface area (Å²) in [6, 6.07) is 12.8. The molecule has 4 heteroatoms. The third-order valence-corrected chi connectivity index (χ3v) is 6.67. The summed E-state index contributed by atoms with van der Waals surface area (Å²) in [4.78, 5) is 16.7. The second kappa shape index (κ2) is 9.09. The van der Waals surface area contributed by atoms with Crippen LogP contribution in [0.15, 0.2) is 42.5 Å². The first-order valence-electron chi connectivity index (χ1n) is 11.5. The molecule has 4 rings (SSSR count). The molecule has 0 aliphatic heterocycles. The number of pyridine rings is 1. The van der Waals surface area contributed by atoms with E-state index in [2.05, 4.69) is 73.2 Å². The predicted octanol–water partition coefficient (Wildman–Crippen LogP) is 6.45. The number of aromatic nitrogens is 3. The fourth-order valence-corrected chi connectivity index (χ4v) is 5.09. The number of carbonyl (C=O) groups is 1. The minimum atomic E-state index is 0.425. The van der Waals surface area contributed by atoms with E-state index < -0.39 is 0 Å². The summed E-state index contributed by atoms with van der Waals surface area (Å²) in [5, 5.41) is 0. The van der Waals surface area contributed by atoms with E-state index in [1.54, 1.807) is 6.08 Å². The maximum Gasteiger partial charge on any atom is 0.143 e. The summed E-state index contributed by atoms with van der Waals surface area (Å²) in [5.41, 5.74) is 6.90. The Morgan fingerprint density at radius 3 is 1.68 bits per heavy atom. The molecule has 162 valence electrons. The lowest BCUT2D eigenvalue weighted by Gasteiger charge is -2.21. The zero-order valence-corrected chi connectivity index (χ0v) is 19.2. The fourth-order valence-electron chi connectivity index (χ4n) is 5.09. The molecule has 0 atom stereocenters. The van der Waals surface area contributed by atoms with Crippen LogP contribution in [0.3, 0.4) is 0 Å². The van der Waals surface area contributed by atoms with Gasteiger partial charge in [-0.3, -0.25) is 4.79 Å². The van der Waals surface area contributed by atoms with Crippen LogP contribution in [0, 0.1) is 33.6 Å². The van der Waals surface area contributed by atoms with Gasteiger partial charge in [0.05, 0.1) is 0 Å². The molecule has 0 radical (unpaired) electrons. The number of nitrogens with zero attached hydrogens (tertiary/aromatic N) is 3. The van der Waals surface area contributed by atoms with Gasteiger partial charge in [-0.2, -0.15) is 0 Å². The lowest BCUT2D eigenvalue weighted by Crippen LogP contribution is -2.10. The first kappa shape index (κ1) is 21.4. The van der Waals surface area contributed by atoms with Gasteiger partial charge in [0.25, 0.3) is 0 Å². The van der Waals surface area contributed by atoms with Gasteiger partial charge < -0.3 is 9.13 Å². The zero-order valence-electron chi connectivity index (χ0n) is 19.2. The normalized spacial score (nSPS) is 15.8. The van der Waals surface area contributed by atoms with Crippen LogP contribution in [-0.2, 0) is 4.79 Å². The van der Waals surface area contributed by atoms with Crippen LogP contribution in [-0.4, -0.2) is 20.4 Å². The quantitative estimate of drug-likeness (QED) is 0.273. The largest absolute Gasteiger partial charge is 0.303 e. The molecule has 0 unspecified atom stereocenters. The minimum absolute atomic E-state index is 0.425.